The average molecular weight is 296 g/mol. The first kappa shape index (κ1) is 17.4. The fourth-order valence-corrected chi connectivity index (χ4v) is 2.26. The lowest BCUT2D eigenvalue weighted by Crippen LogP contribution is -2.07. The van der Waals surface area contributed by atoms with Crippen molar-refractivity contribution in [2.45, 2.75) is 44.9 Å². The Morgan fingerprint density at radius 1 is 0.700 bits per heavy atom. The lowest BCUT2D eigenvalue weighted by Gasteiger charge is -2.07. The smallest absolute Gasteiger partial charge is 0.119 e. The predicted octanol–water partition coefficient (Wildman–Crippen LogP) is 4.74. The molecule has 114 valence electrons. The summed E-state index contributed by atoms with van der Waals surface area (Å²) in [7, 11) is 0. The van der Waals surface area contributed by atoms with E-state index in [1.165, 1.54) is 38.5 Å². The molecule has 1 aromatic carbocycles. The molecule has 0 aromatic heterocycles. The summed E-state index contributed by atoms with van der Waals surface area (Å²) in [5, 5.41) is 0. The zero-order valence-electron chi connectivity index (χ0n) is 12.4. The minimum atomic E-state index is 0.633. The van der Waals surface area contributed by atoms with E-state index in [1.807, 2.05) is 30.3 Å². The van der Waals surface area contributed by atoms with Gasteiger partial charge in [0.05, 0.1) is 6.61 Å². The summed E-state index contributed by atoms with van der Waals surface area (Å²) in [6, 6.07) is 9.88. The number of ether oxygens (including phenoxy) is 2. The lowest BCUT2D eigenvalue weighted by molar-refractivity contribution is 0.0970. The van der Waals surface area contributed by atoms with Crippen molar-refractivity contribution in [3.63, 3.8) is 0 Å². The maximum Gasteiger partial charge on any atom is 0.119 e. The molecule has 1 aromatic rings. The van der Waals surface area contributed by atoms with Crippen LogP contribution < -0.4 is 4.74 Å². The van der Waals surface area contributed by atoms with E-state index in [0.717, 1.165) is 24.5 Å². The second kappa shape index (κ2) is 13.3. The summed E-state index contributed by atoms with van der Waals surface area (Å²) in [6.45, 7) is 2.17. The normalized spacial score (nSPS) is 10.7. The van der Waals surface area contributed by atoms with Crippen molar-refractivity contribution in [3.8, 4) is 5.75 Å². The maximum atomic E-state index is 5.57. The number of thiol groups is 1. The topological polar surface area (TPSA) is 18.5 Å². The molecule has 0 unspecified atom stereocenters. The third-order valence-electron chi connectivity index (χ3n) is 3.19. The second-order valence-corrected chi connectivity index (χ2v) is 5.42. The molecular formula is C17H28O2S. The van der Waals surface area contributed by atoms with Crippen molar-refractivity contribution < 1.29 is 9.47 Å². The van der Waals surface area contributed by atoms with Crippen LogP contribution in [0.25, 0.3) is 0 Å². The van der Waals surface area contributed by atoms with E-state index in [-0.39, 0.29) is 0 Å². The van der Waals surface area contributed by atoms with Crippen molar-refractivity contribution >= 4 is 12.6 Å². The van der Waals surface area contributed by atoms with E-state index in [9.17, 15) is 0 Å². The minimum Gasteiger partial charge on any atom is -0.491 e. The first-order chi connectivity index (χ1) is 9.93. The molecule has 0 bridgehead atoms. The van der Waals surface area contributed by atoms with Gasteiger partial charge in [-0.2, -0.15) is 12.6 Å². The quantitative estimate of drug-likeness (QED) is 0.418. The summed E-state index contributed by atoms with van der Waals surface area (Å²) >= 11 is 4.22. The summed E-state index contributed by atoms with van der Waals surface area (Å²) in [5.74, 6) is 1.94. The highest BCUT2D eigenvalue weighted by Crippen LogP contribution is 2.09. The summed E-state index contributed by atoms with van der Waals surface area (Å²) in [4.78, 5) is 0. The van der Waals surface area contributed by atoms with Crippen LogP contribution in [0.4, 0.5) is 0 Å². The molecule has 0 saturated heterocycles. The van der Waals surface area contributed by atoms with Gasteiger partial charge < -0.3 is 9.47 Å². The third-order valence-corrected chi connectivity index (χ3v) is 3.50. The zero-order chi connectivity index (χ0) is 14.3. The highest BCUT2D eigenvalue weighted by Gasteiger charge is 1.94. The van der Waals surface area contributed by atoms with Gasteiger partial charge in [0, 0.05) is 6.61 Å². The fraction of sp³-hybridized carbons (Fsp3) is 0.647. The predicted molar refractivity (Wildman–Crippen MR) is 88.9 cm³/mol. The zero-order valence-corrected chi connectivity index (χ0v) is 13.3. The third kappa shape index (κ3) is 10.2. The Kier molecular flexibility index (Phi) is 11.6. The Balaban J connectivity index is 1.77. The van der Waals surface area contributed by atoms with E-state index < -0.39 is 0 Å². The van der Waals surface area contributed by atoms with Crippen LogP contribution in [0.2, 0.25) is 0 Å². The van der Waals surface area contributed by atoms with Crippen LogP contribution in [0.1, 0.15) is 44.9 Å². The van der Waals surface area contributed by atoms with Gasteiger partial charge in [-0.15, -0.1) is 0 Å². The molecule has 2 nitrogen and oxygen atoms in total. The van der Waals surface area contributed by atoms with Crippen molar-refractivity contribution in [1.29, 1.82) is 0 Å². The number of unbranched alkanes of at least 4 members (excludes halogenated alkanes) is 6. The molecule has 0 aliphatic rings. The molecule has 3 heteroatoms. The van der Waals surface area contributed by atoms with E-state index in [2.05, 4.69) is 12.6 Å². The molecule has 0 fully saturated rings. The summed E-state index contributed by atoms with van der Waals surface area (Å²) in [5.41, 5.74) is 0. The number of para-hydroxylation sites is 1. The Morgan fingerprint density at radius 3 is 2.05 bits per heavy atom. The highest BCUT2D eigenvalue weighted by atomic mass is 32.1. The molecule has 0 radical (unpaired) electrons. The SMILES string of the molecule is SCCCCCCCCCOCCOc1ccccc1. The van der Waals surface area contributed by atoms with Gasteiger partial charge in [-0.1, -0.05) is 50.3 Å². The van der Waals surface area contributed by atoms with Crippen LogP contribution in [0, 0.1) is 0 Å². The molecule has 0 spiro atoms. The first-order valence-corrected chi connectivity index (χ1v) is 8.43. The fourth-order valence-electron chi connectivity index (χ4n) is 2.04. The monoisotopic (exact) mass is 296 g/mol. The Labute approximate surface area is 129 Å². The Hall–Kier alpha value is -0.670. The summed E-state index contributed by atoms with van der Waals surface area (Å²) in [6.07, 6.45) is 9.07. The van der Waals surface area contributed by atoms with E-state index in [1.54, 1.807) is 0 Å². The molecule has 0 heterocycles. The van der Waals surface area contributed by atoms with Gasteiger partial charge in [-0.3, -0.25) is 0 Å². The molecule has 1 rings (SSSR count). The van der Waals surface area contributed by atoms with E-state index >= 15 is 0 Å². The molecule has 0 aliphatic heterocycles. The van der Waals surface area contributed by atoms with Gasteiger partial charge in [-0.05, 0) is 30.7 Å². The van der Waals surface area contributed by atoms with Crippen molar-refractivity contribution in [2.75, 3.05) is 25.6 Å². The Morgan fingerprint density at radius 2 is 1.35 bits per heavy atom. The number of benzene rings is 1. The standard InChI is InChI=1S/C17H28O2S/c20-16-10-5-3-1-2-4-9-13-18-14-15-19-17-11-7-6-8-12-17/h6-8,11-12,20H,1-5,9-10,13-16H2. The number of hydrogen-bond acceptors (Lipinski definition) is 3. The van der Waals surface area contributed by atoms with Crippen LogP contribution in [0.5, 0.6) is 5.75 Å². The van der Waals surface area contributed by atoms with Gasteiger partial charge in [0.15, 0.2) is 0 Å². The molecule has 0 atom stereocenters. The summed E-state index contributed by atoms with van der Waals surface area (Å²) < 4.78 is 11.1. The molecular weight excluding hydrogens is 268 g/mol. The molecule has 0 aliphatic carbocycles. The number of hydrogen-bond donors (Lipinski definition) is 1. The van der Waals surface area contributed by atoms with Gasteiger partial charge in [0.25, 0.3) is 0 Å². The van der Waals surface area contributed by atoms with Crippen molar-refractivity contribution in [3.05, 3.63) is 30.3 Å². The van der Waals surface area contributed by atoms with Crippen LogP contribution in [-0.2, 0) is 4.74 Å². The highest BCUT2D eigenvalue weighted by molar-refractivity contribution is 7.80. The van der Waals surface area contributed by atoms with Crippen LogP contribution in [-0.4, -0.2) is 25.6 Å². The largest absolute Gasteiger partial charge is 0.491 e. The first-order valence-electron chi connectivity index (χ1n) is 7.80. The maximum absolute atomic E-state index is 5.57. The van der Waals surface area contributed by atoms with Gasteiger partial charge in [0.2, 0.25) is 0 Å². The lowest BCUT2D eigenvalue weighted by atomic mass is 10.1. The van der Waals surface area contributed by atoms with E-state index in [0.29, 0.717) is 13.2 Å². The van der Waals surface area contributed by atoms with Gasteiger partial charge in [-0.25, -0.2) is 0 Å². The number of rotatable bonds is 13. The molecule has 0 amide bonds. The van der Waals surface area contributed by atoms with E-state index in [4.69, 9.17) is 9.47 Å². The van der Waals surface area contributed by atoms with Crippen molar-refractivity contribution in [1.82, 2.24) is 0 Å². The van der Waals surface area contributed by atoms with Crippen LogP contribution >= 0.6 is 12.6 Å². The van der Waals surface area contributed by atoms with Crippen molar-refractivity contribution in [2.24, 2.45) is 0 Å². The van der Waals surface area contributed by atoms with Crippen LogP contribution in [0.3, 0.4) is 0 Å². The molecule has 20 heavy (non-hydrogen) atoms. The van der Waals surface area contributed by atoms with Crippen LogP contribution in [0.15, 0.2) is 30.3 Å². The second-order valence-electron chi connectivity index (χ2n) is 4.97. The minimum absolute atomic E-state index is 0.633. The van der Waals surface area contributed by atoms with Gasteiger partial charge in [0.1, 0.15) is 12.4 Å². The average Bonchev–Trinajstić information content (AvgIpc) is 2.49. The Bertz CT molecular complexity index is 303. The molecule has 0 saturated carbocycles. The van der Waals surface area contributed by atoms with Gasteiger partial charge >= 0.3 is 0 Å². The molecule has 0 N–H and O–H groups in total.